The number of rotatable bonds is 3. The van der Waals surface area contributed by atoms with E-state index in [1.807, 2.05) is 19.1 Å². The van der Waals surface area contributed by atoms with Crippen molar-refractivity contribution >= 4 is 27.1 Å². The zero-order valence-electron chi connectivity index (χ0n) is 15.2. The summed E-state index contributed by atoms with van der Waals surface area (Å²) < 4.78 is 7.68. The Kier molecular flexibility index (Phi) is 4.02. The molecule has 2 heterocycles. The highest BCUT2D eigenvalue weighted by molar-refractivity contribution is 5.99. The van der Waals surface area contributed by atoms with E-state index in [4.69, 9.17) is 4.74 Å². The maximum atomic E-state index is 9.63. The fourth-order valence-corrected chi connectivity index (χ4v) is 3.81. The van der Waals surface area contributed by atoms with Gasteiger partial charge in [-0.3, -0.25) is 0 Å². The van der Waals surface area contributed by atoms with E-state index in [2.05, 4.69) is 41.8 Å². The molecule has 0 bridgehead atoms. The molecule has 2 aromatic heterocycles. The molecule has 0 unspecified atom stereocenters. The van der Waals surface area contributed by atoms with Crippen LogP contribution in [0.25, 0.3) is 27.1 Å². The fraction of sp³-hybridized carbons (Fsp3) is 0.227. The number of ether oxygens (including phenoxy) is 1. The van der Waals surface area contributed by atoms with E-state index >= 15 is 0 Å². The Labute approximate surface area is 151 Å². The second kappa shape index (κ2) is 6.24. The minimum Gasteiger partial charge on any atom is -0.496 e. The predicted octanol–water partition coefficient (Wildman–Crippen LogP) is 3.34. The van der Waals surface area contributed by atoms with Gasteiger partial charge in [0.25, 0.3) is 0 Å². The number of hydrogen-bond donors (Lipinski definition) is 2. The minimum absolute atomic E-state index is 0.0812. The zero-order chi connectivity index (χ0) is 18.4. The van der Waals surface area contributed by atoms with Crippen molar-refractivity contribution in [3.05, 3.63) is 65.0 Å². The second-order valence-electron chi connectivity index (χ2n) is 6.73. The van der Waals surface area contributed by atoms with Gasteiger partial charge in [-0.15, -0.1) is 0 Å². The van der Waals surface area contributed by atoms with Crippen LogP contribution in [0.15, 0.2) is 42.6 Å². The molecular formula is C22H22NO3+. The summed E-state index contributed by atoms with van der Waals surface area (Å²) >= 11 is 0. The zero-order valence-corrected chi connectivity index (χ0v) is 15.2. The number of pyridine rings is 2. The lowest BCUT2D eigenvalue weighted by atomic mass is 9.99. The average Bonchev–Trinajstić information content (AvgIpc) is 2.66. The number of fused-ring (bicyclic) bond motifs is 4. The highest BCUT2D eigenvalue weighted by Crippen LogP contribution is 2.30. The van der Waals surface area contributed by atoms with Gasteiger partial charge in [-0.25, -0.2) is 0 Å². The van der Waals surface area contributed by atoms with Gasteiger partial charge in [-0.05, 0) is 58.7 Å². The molecule has 0 radical (unpaired) electrons. The van der Waals surface area contributed by atoms with Gasteiger partial charge in [0.2, 0.25) is 5.52 Å². The number of benzene rings is 2. The standard InChI is InChI=1S/C22H22NO3/c1-13-6-15-4-5-23-14(2)19-8-18(12-25)17(11-24)7-16(19)9-21(23)20(15)10-22(13)26-3/h4-10,24-25H,11-12H2,1-3H3/q+1. The van der Waals surface area contributed by atoms with Crippen LogP contribution in [0.2, 0.25) is 0 Å². The van der Waals surface area contributed by atoms with Crippen molar-refractivity contribution in [2.75, 3.05) is 7.11 Å². The van der Waals surface area contributed by atoms with Crippen LogP contribution in [0.1, 0.15) is 22.4 Å². The number of aromatic nitrogens is 1. The lowest BCUT2D eigenvalue weighted by molar-refractivity contribution is -0.516. The van der Waals surface area contributed by atoms with Crippen LogP contribution in [0, 0.1) is 13.8 Å². The molecule has 4 nitrogen and oxygen atoms in total. The van der Waals surface area contributed by atoms with Crippen molar-refractivity contribution < 1.29 is 19.4 Å². The summed E-state index contributed by atoms with van der Waals surface area (Å²) in [7, 11) is 1.69. The Morgan fingerprint density at radius 2 is 1.62 bits per heavy atom. The summed E-state index contributed by atoms with van der Waals surface area (Å²) in [6.07, 6.45) is 2.08. The maximum absolute atomic E-state index is 9.63. The molecule has 4 aromatic rings. The number of methoxy groups -OCH3 is 1. The Balaban J connectivity index is 2.16. The first kappa shape index (κ1) is 16.8. The van der Waals surface area contributed by atoms with Crippen LogP contribution in [0.3, 0.4) is 0 Å². The monoisotopic (exact) mass is 348 g/mol. The first-order chi connectivity index (χ1) is 12.6. The smallest absolute Gasteiger partial charge is 0.219 e. The summed E-state index contributed by atoms with van der Waals surface area (Å²) in [6.45, 7) is 3.96. The van der Waals surface area contributed by atoms with Gasteiger partial charge in [0.05, 0.1) is 25.7 Å². The molecule has 132 valence electrons. The van der Waals surface area contributed by atoms with E-state index in [1.165, 1.54) is 0 Å². The van der Waals surface area contributed by atoms with Gasteiger partial charge < -0.3 is 14.9 Å². The van der Waals surface area contributed by atoms with Crippen molar-refractivity contribution in [2.24, 2.45) is 0 Å². The number of aryl methyl sites for hydroxylation is 2. The molecule has 2 N–H and O–H groups in total. The molecule has 0 spiro atoms. The van der Waals surface area contributed by atoms with Gasteiger partial charge in [0.15, 0.2) is 11.9 Å². The predicted molar refractivity (Wildman–Crippen MR) is 102 cm³/mol. The van der Waals surface area contributed by atoms with E-state index in [9.17, 15) is 10.2 Å². The third-order valence-electron chi connectivity index (χ3n) is 5.26. The second-order valence-corrected chi connectivity index (χ2v) is 6.73. The van der Waals surface area contributed by atoms with Gasteiger partial charge in [-0.1, -0.05) is 0 Å². The van der Waals surface area contributed by atoms with E-state index in [0.29, 0.717) is 0 Å². The van der Waals surface area contributed by atoms with Crippen LogP contribution >= 0.6 is 0 Å². The van der Waals surface area contributed by atoms with Crippen LogP contribution < -0.4 is 9.14 Å². The van der Waals surface area contributed by atoms with Crippen molar-refractivity contribution in [1.29, 1.82) is 0 Å². The molecule has 0 amide bonds. The van der Waals surface area contributed by atoms with Gasteiger partial charge >= 0.3 is 0 Å². The third-order valence-corrected chi connectivity index (χ3v) is 5.26. The number of hydrogen-bond acceptors (Lipinski definition) is 3. The molecular weight excluding hydrogens is 326 g/mol. The topological polar surface area (TPSA) is 53.8 Å². The molecule has 0 aliphatic rings. The molecule has 0 aliphatic heterocycles. The normalized spacial score (nSPS) is 11.6. The Morgan fingerprint density at radius 1 is 0.885 bits per heavy atom. The molecule has 0 fully saturated rings. The summed E-state index contributed by atoms with van der Waals surface area (Å²) in [6, 6.07) is 12.4. The van der Waals surface area contributed by atoms with Crippen molar-refractivity contribution in [3.63, 3.8) is 0 Å². The third kappa shape index (κ3) is 2.42. The van der Waals surface area contributed by atoms with E-state index in [-0.39, 0.29) is 13.2 Å². The van der Waals surface area contributed by atoms with Gasteiger partial charge in [0, 0.05) is 24.4 Å². The van der Waals surface area contributed by atoms with E-state index < -0.39 is 0 Å². The molecule has 0 aliphatic carbocycles. The summed E-state index contributed by atoms with van der Waals surface area (Å²) in [5.74, 6) is 0.870. The molecule has 4 heteroatoms. The number of aliphatic hydroxyl groups is 2. The lowest BCUT2D eigenvalue weighted by Crippen LogP contribution is -2.25. The summed E-state index contributed by atoms with van der Waals surface area (Å²) in [5.41, 5.74) is 4.82. The summed E-state index contributed by atoms with van der Waals surface area (Å²) in [5, 5.41) is 23.6. The molecule has 0 atom stereocenters. The lowest BCUT2D eigenvalue weighted by Gasteiger charge is -2.10. The Morgan fingerprint density at radius 3 is 2.31 bits per heavy atom. The maximum Gasteiger partial charge on any atom is 0.219 e. The van der Waals surface area contributed by atoms with Crippen molar-refractivity contribution in [3.8, 4) is 5.75 Å². The van der Waals surface area contributed by atoms with Crippen LogP contribution in [0.5, 0.6) is 5.75 Å². The average molecular weight is 348 g/mol. The molecule has 4 rings (SSSR count). The van der Waals surface area contributed by atoms with Crippen LogP contribution in [0.4, 0.5) is 0 Å². The van der Waals surface area contributed by atoms with Crippen LogP contribution in [-0.2, 0) is 13.2 Å². The summed E-state index contributed by atoms with van der Waals surface area (Å²) in [4.78, 5) is 0. The highest BCUT2D eigenvalue weighted by Gasteiger charge is 2.17. The van der Waals surface area contributed by atoms with Crippen molar-refractivity contribution in [1.82, 2.24) is 0 Å². The van der Waals surface area contributed by atoms with Gasteiger partial charge in [-0.2, -0.15) is 4.40 Å². The van der Waals surface area contributed by atoms with E-state index in [1.54, 1.807) is 7.11 Å². The van der Waals surface area contributed by atoms with Crippen LogP contribution in [-0.4, -0.2) is 17.3 Å². The fourth-order valence-electron chi connectivity index (χ4n) is 3.81. The quantitative estimate of drug-likeness (QED) is 0.339. The molecule has 0 saturated carbocycles. The first-order valence-electron chi connectivity index (χ1n) is 8.67. The number of nitrogens with zero attached hydrogens (tertiary/aromatic N) is 1. The molecule has 0 saturated heterocycles. The SMILES string of the molecule is COc1cc2c(cc[n+]3c(C)c4cc(CO)c(CO)cc4cc23)cc1C. The number of aliphatic hydroxyl groups excluding tert-OH is 2. The first-order valence-corrected chi connectivity index (χ1v) is 8.67. The minimum atomic E-state index is -0.0847. The Bertz CT molecular complexity index is 1170. The molecule has 2 aromatic carbocycles. The Hall–Kier alpha value is -2.69. The van der Waals surface area contributed by atoms with Gasteiger partial charge in [0.1, 0.15) is 5.75 Å². The largest absolute Gasteiger partial charge is 0.496 e. The highest BCUT2D eigenvalue weighted by atomic mass is 16.5. The van der Waals surface area contributed by atoms with E-state index in [0.717, 1.165) is 55.2 Å². The molecule has 26 heavy (non-hydrogen) atoms. The van der Waals surface area contributed by atoms with Crippen molar-refractivity contribution in [2.45, 2.75) is 27.1 Å².